The number of hydrogen-bond acceptors (Lipinski definition) is 4. The van der Waals surface area contributed by atoms with Gasteiger partial charge >= 0.3 is 0 Å². The van der Waals surface area contributed by atoms with Crippen molar-refractivity contribution >= 4 is 21.6 Å². The second-order valence-corrected chi connectivity index (χ2v) is 9.05. The molecule has 6 nitrogen and oxygen atoms in total. The molecule has 1 amide bonds. The second kappa shape index (κ2) is 7.43. The van der Waals surface area contributed by atoms with Crippen LogP contribution in [0.25, 0.3) is 0 Å². The molecule has 0 radical (unpaired) electrons. The minimum Gasteiger partial charge on any atom is -0.326 e. The fraction of sp³-hybridized carbons (Fsp3) is 0.611. The minimum absolute atomic E-state index is 0.0586. The molecule has 2 saturated heterocycles. The van der Waals surface area contributed by atoms with Gasteiger partial charge in [0.15, 0.2) is 0 Å². The summed E-state index contributed by atoms with van der Waals surface area (Å²) >= 11 is 0. The molecular weight excluding hydrogens is 338 g/mol. The van der Waals surface area contributed by atoms with Gasteiger partial charge in [0.2, 0.25) is 15.9 Å². The van der Waals surface area contributed by atoms with Gasteiger partial charge in [0, 0.05) is 24.7 Å². The fourth-order valence-electron chi connectivity index (χ4n) is 3.33. The number of amides is 1. The van der Waals surface area contributed by atoms with Gasteiger partial charge in [-0.25, -0.2) is 8.42 Å². The average molecular weight is 365 g/mol. The molecule has 0 aliphatic carbocycles. The number of piperidine rings is 1. The van der Waals surface area contributed by atoms with Gasteiger partial charge in [-0.3, -0.25) is 4.79 Å². The van der Waals surface area contributed by atoms with Crippen molar-refractivity contribution in [3.8, 4) is 0 Å². The molecule has 7 heteroatoms. The van der Waals surface area contributed by atoms with Crippen molar-refractivity contribution in [2.45, 2.75) is 38.0 Å². The monoisotopic (exact) mass is 365 g/mol. The topological polar surface area (TPSA) is 78.5 Å². The molecule has 0 spiro atoms. The van der Waals surface area contributed by atoms with Crippen LogP contribution in [-0.4, -0.2) is 44.8 Å². The third kappa shape index (κ3) is 3.88. The Balaban J connectivity index is 1.79. The predicted octanol–water partition coefficient (Wildman–Crippen LogP) is 1.96. The number of sulfonamides is 1. The Morgan fingerprint density at radius 3 is 2.52 bits per heavy atom. The lowest BCUT2D eigenvalue weighted by molar-refractivity contribution is -0.121. The largest absolute Gasteiger partial charge is 0.326 e. The van der Waals surface area contributed by atoms with Crippen LogP contribution in [0.3, 0.4) is 0 Å². The summed E-state index contributed by atoms with van der Waals surface area (Å²) in [6.07, 6.45) is 2.89. The zero-order valence-electron chi connectivity index (χ0n) is 14.9. The molecule has 1 aromatic carbocycles. The summed E-state index contributed by atoms with van der Waals surface area (Å²) in [6, 6.07) is 5.14. The SMILES string of the molecule is Cc1ccc(NC(=O)C(C)C2CNC2)cc1S(=O)(=O)N1CCCCC1. The van der Waals surface area contributed by atoms with Gasteiger partial charge in [-0.1, -0.05) is 19.4 Å². The van der Waals surface area contributed by atoms with Crippen molar-refractivity contribution in [2.24, 2.45) is 11.8 Å². The molecule has 1 unspecified atom stereocenters. The third-order valence-electron chi connectivity index (χ3n) is 5.32. The summed E-state index contributed by atoms with van der Waals surface area (Å²) in [5.74, 6) is 0.198. The van der Waals surface area contributed by atoms with Crippen LogP contribution in [0, 0.1) is 18.8 Å². The molecule has 2 fully saturated rings. The highest BCUT2D eigenvalue weighted by molar-refractivity contribution is 7.89. The zero-order chi connectivity index (χ0) is 18.0. The van der Waals surface area contributed by atoms with Crippen molar-refractivity contribution in [3.63, 3.8) is 0 Å². The summed E-state index contributed by atoms with van der Waals surface area (Å²) in [6.45, 7) is 6.58. The Hall–Kier alpha value is -1.44. The molecule has 0 aromatic heterocycles. The quantitative estimate of drug-likeness (QED) is 0.836. The molecule has 2 aliphatic rings. The summed E-state index contributed by atoms with van der Waals surface area (Å²) in [7, 11) is -3.51. The van der Waals surface area contributed by atoms with Crippen molar-refractivity contribution in [1.82, 2.24) is 9.62 Å². The van der Waals surface area contributed by atoms with Gasteiger partial charge in [-0.05, 0) is 56.5 Å². The lowest BCUT2D eigenvalue weighted by Crippen LogP contribution is -2.48. The second-order valence-electron chi connectivity index (χ2n) is 7.14. The molecule has 1 atom stereocenters. The highest BCUT2D eigenvalue weighted by Gasteiger charge is 2.30. The fourth-order valence-corrected chi connectivity index (χ4v) is 5.10. The van der Waals surface area contributed by atoms with E-state index in [2.05, 4.69) is 10.6 Å². The van der Waals surface area contributed by atoms with E-state index in [0.29, 0.717) is 35.2 Å². The van der Waals surface area contributed by atoms with Crippen LogP contribution in [0.5, 0.6) is 0 Å². The van der Waals surface area contributed by atoms with E-state index < -0.39 is 10.0 Å². The maximum atomic E-state index is 12.9. The normalized spacial score (nSPS) is 20.7. The van der Waals surface area contributed by atoms with E-state index in [1.807, 2.05) is 6.92 Å². The number of carbonyl (C=O) groups excluding carboxylic acids is 1. The van der Waals surface area contributed by atoms with Crippen LogP contribution in [-0.2, 0) is 14.8 Å². The first-order chi connectivity index (χ1) is 11.9. The van der Waals surface area contributed by atoms with E-state index in [4.69, 9.17) is 0 Å². The lowest BCUT2D eigenvalue weighted by Gasteiger charge is -2.31. The summed E-state index contributed by atoms with van der Waals surface area (Å²) in [5.41, 5.74) is 1.25. The third-order valence-corrected chi connectivity index (χ3v) is 7.36. The smallest absolute Gasteiger partial charge is 0.243 e. The van der Waals surface area contributed by atoms with Crippen LogP contribution < -0.4 is 10.6 Å². The summed E-state index contributed by atoms with van der Waals surface area (Å²) in [4.78, 5) is 12.7. The molecule has 2 aliphatic heterocycles. The molecule has 25 heavy (non-hydrogen) atoms. The molecule has 138 valence electrons. The maximum absolute atomic E-state index is 12.9. The van der Waals surface area contributed by atoms with Crippen molar-refractivity contribution in [2.75, 3.05) is 31.5 Å². The Kier molecular flexibility index (Phi) is 5.46. The number of nitrogens with zero attached hydrogens (tertiary/aromatic N) is 1. The van der Waals surface area contributed by atoms with Crippen molar-refractivity contribution in [1.29, 1.82) is 0 Å². The van der Waals surface area contributed by atoms with Crippen molar-refractivity contribution in [3.05, 3.63) is 23.8 Å². The van der Waals surface area contributed by atoms with E-state index in [9.17, 15) is 13.2 Å². The maximum Gasteiger partial charge on any atom is 0.243 e. The Morgan fingerprint density at radius 2 is 1.92 bits per heavy atom. The van der Waals surface area contributed by atoms with Crippen LogP contribution in [0.1, 0.15) is 31.7 Å². The molecule has 2 N–H and O–H groups in total. The average Bonchev–Trinajstić information content (AvgIpc) is 2.55. The number of anilines is 1. The van der Waals surface area contributed by atoms with Gasteiger partial charge < -0.3 is 10.6 Å². The van der Waals surface area contributed by atoms with Crippen LogP contribution in [0.4, 0.5) is 5.69 Å². The molecule has 0 saturated carbocycles. The number of aryl methyl sites for hydroxylation is 1. The van der Waals surface area contributed by atoms with E-state index in [1.165, 1.54) is 0 Å². The molecule has 2 heterocycles. The van der Waals surface area contributed by atoms with Gasteiger partial charge in [-0.15, -0.1) is 0 Å². The van der Waals surface area contributed by atoms with Gasteiger partial charge in [0.05, 0.1) is 4.90 Å². The molecule has 0 bridgehead atoms. The summed E-state index contributed by atoms with van der Waals surface area (Å²) < 4.78 is 27.5. The number of hydrogen-bond donors (Lipinski definition) is 2. The number of rotatable bonds is 5. The zero-order valence-corrected chi connectivity index (χ0v) is 15.7. The first-order valence-corrected chi connectivity index (χ1v) is 10.5. The van der Waals surface area contributed by atoms with E-state index in [-0.39, 0.29) is 11.8 Å². The molecule has 1 aromatic rings. The number of nitrogens with one attached hydrogen (secondary N) is 2. The van der Waals surface area contributed by atoms with E-state index in [1.54, 1.807) is 29.4 Å². The molecular formula is C18H27N3O3S. The van der Waals surface area contributed by atoms with E-state index in [0.717, 1.165) is 32.4 Å². The van der Waals surface area contributed by atoms with E-state index >= 15 is 0 Å². The Bertz CT molecular complexity index is 738. The lowest BCUT2D eigenvalue weighted by atomic mass is 9.88. The minimum atomic E-state index is -3.51. The first kappa shape index (κ1) is 18.4. The number of benzene rings is 1. The Morgan fingerprint density at radius 1 is 1.24 bits per heavy atom. The molecule has 3 rings (SSSR count). The van der Waals surface area contributed by atoms with Crippen LogP contribution >= 0.6 is 0 Å². The Labute approximate surface area is 150 Å². The highest BCUT2D eigenvalue weighted by Crippen LogP contribution is 2.26. The van der Waals surface area contributed by atoms with Gasteiger partial charge in [-0.2, -0.15) is 4.31 Å². The van der Waals surface area contributed by atoms with Gasteiger partial charge in [0.1, 0.15) is 0 Å². The van der Waals surface area contributed by atoms with Crippen LogP contribution in [0.2, 0.25) is 0 Å². The summed E-state index contributed by atoms with van der Waals surface area (Å²) in [5, 5.41) is 6.05. The van der Waals surface area contributed by atoms with Crippen LogP contribution in [0.15, 0.2) is 23.1 Å². The van der Waals surface area contributed by atoms with Crippen molar-refractivity contribution < 1.29 is 13.2 Å². The highest BCUT2D eigenvalue weighted by atomic mass is 32.2. The van der Waals surface area contributed by atoms with Gasteiger partial charge in [0.25, 0.3) is 0 Å². The number of carbonyl (C=O) groups is 1. The predicted molar refractivity (Wildman–Crippen MR) is 97.9 cm³/mol. The first-order valence-electron chi connectivity index (χ1n) is 9.02. The standard InChI is InChI=1S/C18H27N3O3S/c1-13-6-7-16(20-18(22)14(2)15-11-19-12-15)10-17(13)25(23,24)21-8-4-3-5-9-21/h6-7,10,14-15,19H,3-5,8-9,11-12H2,1-2H3,(H,20,22).